The van der Waals surface area contributed by atoms with Gasteiger partial charge in [-0.1, -0.05) is 24.3 Å². The lowest BCUT2D eigenvalue weighted by Crippen LogP contribution is -2.18. The molecule has 0 fully saturated rings. The summed E-state index contributed by atoms with van der Waals surface area (Å²) in [4.78, 5) is 11.3. The summed E-state index contributed by atoms with van der Waals surface area (Å²) in [5.74, 6) is -0.0439. The van der Waals surface area contributed by atoms with Gasteiger partial charge in [0, 0.05) is 19.2 Å². The molecule has 0 radical (unpaired) electrons. The van der Waals surface area contributed by atoms with Crippen molar-refractivity contribution < 1.29 is 4.79 Å². The number of nitrogens with one attached hydrogen (secondary N) is 2. The fourth-order valence-corrected chi connectivity index (χ4v) is 1.50. The quantitative estimate of drug-likeness (QED) is 0.582. The van der Waals surface area contributed by atoms with E-state index in [2.05, 4.69) is 22.8 Å². The molecule has 0 saturated carbocycles. The first-order valence-electron chi connectivity index (χ1n) is 5.91. The van der Waals surface area contributed by atoms with Gasteiger partial charge < -0.3 is 10.6 Å². The van der Waals surface area contributed by atoms with Crippen molar-refractivity contribution in [1.29, 1.82) is 0 Å². The molecule has 0 aliphatic rings. The largest absolute Gasteiger partial charge is 0.355 e. The van der Waals surface area contributed by atoms with Gasteiger partial charge in [-0.25, -0.2) is 0 Å². The number of carbonyl (C=O) groups is 1. The van der Waals surface area contributed by atoms with E-state index in [-0.39, 0.29) is 5.91 Å². The second kappa shape index (κ2) is 7.63. The van der Waals surface area contributed by atoms with Gasteiger partial charge in [0.05, 0.1) is 0 Å². The Morgan fingerprint density at radius 1 is 1.29 bits per heavy atom. The van der Waals surface area contributed by atoms with E-state index in [0.717, 1.165) is 19.5 Å². The first-order chi connectivity index (χ1) is 8.27. The minimum atomic E-state index is -0.0439. The number of carbonyl (C=O) groups excluding carboxylic acids is 1. The molecule has 0 bridgehead atoms. The summed E-state index contributed by atoms with van der Waals surface area (Å²) in [6.45, 7) is 3.84. The van der Waals surface area contributed by atoms with Crippen LogP contribution >= 0.6 is 0 Å². The van der Waals surface area contributed by atoms with Gasteiger partial charge in [-0.2, -0.15) is 0 Å². The van der Waals surface area contributed by atoms with Gasteiger partial charge in [-0.3, -0.25) is 4.79 Å². The number of rotatable bonds is 6. The predicted molar refractivity (Wildman–Crippen MR) is 71.0 cm³/mol. The molecule has 3 nitrogen and oxygen atoms in total. The molecule has 0 spiro atoms. The maximum Gasteiger partial charge on any atom is 0.251 e. The molecular weight excluding hydrogens is 212 g/mol. The summed E-state index contributed by atoms with van der Waals surface area (Å²) >= 11 is 0. The van der Waals surface area contributed by atoms with E-state index in [1.807, 2.05) is 31.2 Å². The van der Waals surface area contributed by atoms with E-state index < -0.39 is 0 Å². The molecule has 2 N–H and O–H groups in total. The van der Waals surface area contributed by atoms with Crippen LogP contribution in [-0.2, 0) is 6.54 Å². The lowest BCUT2D eigenvalue weighted by molar-refractivity contribution is 0.0963. The fourth-order valence-electron chi connectivity index (χ4n) is 1.50. The zero-order valence-corrected chi connectivity index (χ0v) is 10.5. The van der Waals surface area contributed by atoms with Gasteiger partial charge in [0.2, 0.25) is 0 Å². The SMILES string of the molecule is C/C=C/CCNCc1ccc(C(=O)NC)cc1. The minimum Gasteiger partial charge on any atom is -0.355 e. The topological polar surface area (TPSA) is 41.1 Å². The van der Waals surface area contributed by atoms with Crippen molar-refractivity contribution in [2.45, 2.75) is 19.9 Å². The maximum atomic E-state index is 11.3. The Morgan fingerprint density at radius 2 is 2.00 bits per heavy atom. The summed E-state index contributed by atoms with van der Waals surface area (Å²) in [5.41, 5.74) is 1.89. The second-order valence-corrected chi connectivity index (χ2v) is 3.81. The first kappa shape index (κ1) is 13.5. The summed E-state index contributed by atoms with van der Waals surface area (Å²) in [6, 6.07) is 7.66. The van der Waals surface area contributed by atoms with Crippen molar-refractivity contribution in [3.05, 3.63) is 47.5 Å². The highest BCUT2D eigenvalue weighted by Crippen LogP contribution is 2.04. The molecule has 1 aromatic carbocycles. The van der Waals surface area contributed by atoms with Crippen LogP contribution in [0.25, 0.3) is 0 Å². The first-order valence-corrected chi connectivity index (χ1v) is 5.91. The molecule has 92 valence electrons. The van der Waals surface area contributed by atoms with Crippen LogP contribution in [0.5, 0.6) is 0 Å². The van der Waals surface area contributed by atoms with Crippen LogP contribution in [0.15, 0.2) is 36.4 Å². The van der Waals surface area contributed by atoms with Crippen LogP contribution in [0.3, 0.4) is 0 Å². The van der Waals surface area contributed by atoms with E-state index in [1.165, 1.54) is 5.56 Å². The Labute approximate surface area is 103 Å². The number of allylic oxidation sites excluding steroid dienone is 1. The molecule has 1 amide bonds. The fraction of sp³-hybridized carbons (Fsp3) is 0.357. The Balaban J connectivity index is 2.38. The summed E-state index contributed by atoms with van der Waals surface area (Å²) < 4.78 is 0. The van der Waals surface area contributed by atoms with Crippen molar-refractivity contribution >= 4 is 5.91 Å². The zero-order valence-electron chi connectivity index (χ0n) is 10.5. The summed E-state index contributed by atoms with van der Waals surface area (Å²) in [6.07, 6.45) is 5.24. The minimum absolute atomic E-state index is 0.0439. The van der Waals surface area contributed by atoms with Crippen LogP contribution in [0.2, 0.25) is 0 Å². The molecule has 0 saturated heterocycles. The van der Waals surface area contributed by atoms with Gasteiger partial charge in [0.1, 0.15) is 0 Å². The zero-order chi connectivity index (χ0) is 12.5. The molecule has 0 aliphatic carbocycles. The molecule has 1 rings (SSSR count). The summed E-state index contributed by atoms with van der Waals surface area (Å²) in [5, 5.41) is 5.95. The average molecular weight is 232 g/mol. The lowest BCUT2D eigenvalue weighted by atomic mass is 10.1. The van der Waals surface area contributed by atoms with Crippen molar-refractivity contribution in [2.75, 3.05) is 13.6 Å². The highest BCUT2D eigenvalue weighted by atomic mass is 16.1. The van der Waals surface area contributed by atoms with Crippen LogP contribution < -0.4 is 10.6 Å². The van der Waals surface area contributed by atoms with Crippen LogP contribution in [0.1, 0.15) is 29.3 Å². The van der Waals surface area contributed by atoms with Gasteiger partial charge in [-0.15, -0.1) is 0 Å². The number of amides is 1. The number of benzene rings is 1. The van der Waals surface area contributed by atoms with Crippen molar-refractivity contribution in [3.63, 3.8) is 0 Å². The van der Waals surface area contributed by atoms with Crippen molar-refractivity contribution in [1.82, 2.24) is 10.6 Å². The highest BCUT2D eigenvalue weighted by Gasteiger charge is 2.01. The average Bonchev–Trinajstić information content (AvgIpc) is 2.38. The number of hydrogen-bond acceptors (Lipinski definition) is 2. The highest BCUT2D eigenvalue weighted by molar-refractivity contribution is 5.93. The van der Waals surface area contributed by atoms with E-state index in [9.17, 15) is 4.79 Å². The molecule has 0 aliphatic heterocycles. The van der Waals surface area contributed by atoms with E-state index in [1.54, 1.807) is 7.05 Å². The molecule has 0 atom stereocenters. The number of hydrogen-bond donors (Lipinski definition) is 2. The van der Waals surface area contributed by atoms with Crippen molar-refractivity contribution in [2.24, 2.45) is 0 Å². The standard InChI is InChI=1S/C14H20N2O/c1-3-4-5-10-16-11-12-6-8-13(9-7-12)14(17)15-2/h3-4,6-9,16H,5,10-11H2,1-2H3,(H,15,17)/b4-3+. The van der Waals surface area contributed by atoms with E-state index >= 15 is 0 Å². The molecule has 0 unspecified atom stereocenters. The molecule has 0 heterocycles. The third-order valence-corrected chi connectivity index (χ3v) is 2.50. The van der Waals surface area contributed by atoms with Crippen molar-refractivity contribution in [3.8, 4) is 0 Å². The molecule has 1 aromatic rings. The van der Waals surface area contributed by atoms with Gasteiger partial charge in [-0.05, 0) is 37.6 Å². The van der Waals surface area contributed by atoms with Crippen LogP contribution in [-0.4, -0.2) is 19.5 Å². The molecule has 0 aromatic heterocycles. The Hall–Kier alpha value is -1.61. The summed E-state index contributed by atoms with van der Waals surface area (Å²) in [7, 11) is 1.64. The Kier molecular flexibility index (Phi) is 6.04. The maximum absolute atomic E-state index is 11.3. The third-order valence-electron chi connectivity index (χ3n) is 2.50. The molecule has 3 heteroatoms. The monoisotopic (exact) mass is 232 g/mol. The second-order valence-electron chi connectivity index (χ2n) is 3.81. The van der Waals surface area contributed by atoms with E-state index in [0.29, 0.717) is 5.56 Å². The normalized spacial score (nSPS) is 10.7. The van der Waals surface area contributed by atoms with Gasteiger partial charge >= 0.3 is 0 Å². The van der Waals surface area contributed by atoms with Gasteiger partial charge in [0.15, 0.2) is 0 Å². The van der Waals surface area contributed by atoms with E-state index in [4.69, 9.17) is 0 Å². The van der Waals surface area contributed by atoms with Crippen LogP contribution in [0.4, 0.5) is 0 Å². The Bertz CT molecular complexity index is 368. The molecular formula is C14H20N2O. The molecule has 17 heavy (non-hydrogen) atoms. The smallest absolute Gasteiger partial charge is 0.251 e. The predicted octanol–water partition coefficient (Wildman–Crippen LogP) is 2.10. The third kappa shape index (κ3) is 4.83. The Morgan fingerprint density at radius 3 is 2.59 bits per heavy atom. The van der Waals surface area contributed by atoms with Gasteiger partial charge in [0.25, 0.3) is 5.91 Å². The van der Waals surface area contributed by atoms with Crippen LogP contribution in [0, 0.1) is 0 Å². The lowest BCUT2D eigenvalue weighted by Gasteiger charge is -2.04.